The van der Waals surface area contributed by atoms with Crippen LogP contribution in [0.3, 0.4) is 0 Å². The van der Waals surface area contributed by atoms with E-state index in [2.05, 4.69) is 66.9 Å². The SMILES string of the molecule is CCCN1C[C@@H](NC(=S)N(CC)CC)CC2c3cc(C)cc4[nH]c(C)c(c34)C[C@H]21. The molecule has 0 saturated carbocycles. The first-order valence-electron chi connectivity index (χ1n) is 11.4. The van der Waals surface area contributed by atoms with Crippen LogP contribution in [0.25, 0.3) is 10.9 Å². The van der Waals surface area contributed by atoms with Gasteiger partial charge in [0.05, 0.1) is 0 Å². The van der Waals surface area contributed by atoms with E-state index in [1.165, 1.54) is 35.0 Å². The van der Waals surface area contributed by atoms with Crippen molar-refractivity contribution >= 4 is 28.2 Å². The van der Waals surface area contributed by atoms with Crippen LogP contribution in [0.4, 0.5) is 0 Å². The standard InChI is InChI=1S/C24H36N4S/c1-6-9-28-14-17(26-24(29)27(7-2)8-3)12-19-20-10-15(4)11-21-23(20)18(13-22(19)28)16(5)25-21/h10-11,17,19,22,25H,6-9,12-14H2,1-5H3,(H,26,29)/t17-,19?,22+/m0/s1. The summed E-state index contributed by atoms with van der Waals surface area (Å²) < 4.78 is 0. The molecule has 5 heteroatoms. The van der Waals surface area contributed by atoms with E-state index in [-0.39, 0.29) is 0 Å². The molecule has 1 saturated heterocycles. The number of aryl methyl sites for hydroxylation is 2. The van der Waals surface area contributed by atoms with Gasteiger partial charge in [0, 0.05) is 54.2 Å². The third-order valence-corrected chi connectivity index (χ3v) is 7.39. The van der Waals surface area contributed by atoms with Gasteiger partial charge in [0.1, 0.15) is 0 Å². The number of nitrogens with one attached hydrogen (secondary N) is 2. The Morgan fingerprint density at radius 1 is 1.24 bits per heavy atom. The predicted octanol–water partition coefficient (Wildman–Crippen LogP) is 4.49. The number of aromatic amines is 1. The number of rotatable bonds is 5. The van der Waals surface area contributed by atoms with Crippen LogP contribution in [0.15, 0.2) is 12.1 Å². The number of aromatic nitrogens is 1. The van der Waals surface area contributed by atoms with Crippen molar-refractivity contribution in [1.29, 1.82) is 0 Å². The van der Waals surface area contributed by atoms with E-state index in [0.717, 1.165) is 37.7 Å². The molecule has 2 N–H and O–H groups in total. The van der Waals surface area contributed by atoms with Crippen molar-refractivity contribution in [2.45, 2.75) is 71.9 Å². The highest BCUT2D eigenvalue weighted by Gasteiger charge is 2.41. The van der Waals surface area contributed by atoms with E-state index in [0.29, 0.717) is 18.0 Å². The van der Waals surface area contributed by atoms with Gasteiger partial charge in [-0.05, 0) is 88.5 Å². The van der Waals surface area contributed by atoms with Crippen LogP contribution < -0.4 is 5.32 Å². The molecule has 3 atom stereocenters. The second kappa shape index (κ2) is 8.27. The molecule has 2 aromatic rings. The van der Waals surface area contributed by atoms with Crippen LogP contribution in [0.1, 0.15) is 61.9 Å². The Balaban J connectivity index is 1.69. The zero-order valence-corrected chi connectivity index (χ0v) is 19.5. The number of thiocarbonyl (C=S) groups is 1. The van der Waals surface area contributed by atoms with Crippen molar-refractivity contribution in [2.75, 3.05) is 26.2 Å². The molecule has 1 aromatic heterocycles. The summed E-state index contributed by atoms with van der Waals surface area (Å²) in [6.45, 7) is 15.3. The fourth-order valence-electron chi connectivity index (χ4n) is 5.71. The third kappa shape index (κ3) is 3.68. The number of hydrogen-bond donors (Lipinski definition) is 2. The molecule has 1 aliphatic carbocycles. The molecule has 4 nitrogen and oxygen atoms in total. The lowest BCUT2D eigenvalue weighted by Gasteiger charge is -2.48. The van der Waals surface area contributed by atoms with Gasteiger partial charge in [-0.3, -0.25) is 4.90 Å². The second-order valence-corrected chi connectivity index (χ2v) is 9.32. The molecule has 1 unspecified atom stereocenters. The van der Waals surface area contributed by atoms with Crippen LogP contribution >= 0.6 is 12.2 Å². The molecule has 0 spiro atoms. The van der Waals surface area contributed by atoms with Crippen LogP contribution in [0.5, 0.6) is 0 Å². The van der Waals surface area contributed by atoms with Gasteiger partial charge in [0.15, 0.2) is 5.11 Å². The van der Waals surface area contributed by atoms with Crippen molar-refractivity contribution in [3.05, 3.63) is 34.5 Å². The molecule has 29 heavy (non-hydrogen) atoms. The van der Waals surface area contributed by atoms with Gasteiger partial charge in [-0.15, -0.1) is 0 Å². The van der Waals surface area contributed by atoms with Gasteiger partial charge in [-0.1, -0.05) is 13.0 Å². The van der Waals surface area contributed by atoms with E-state index in [9.17, 15) is 0 Å². The maximum atomic E-state index is 5.75. The Labute approximate surface area is 181 Å². The summed E-state index contributed by atoms with van der Waals surface area (Å²) in [4.78, 5) is 8.66. The highest BCUT2D eigenvalue weighted by molar-refractivity contribution is 7.80. The molecule has 1 fully saturated rings. The molecule has 1 aromatic carbocycles. The Bertz CT molecular complexity index is 898. The fraction of sp³-hybridized carbons (Fsp3) is 0.625. The quantitative estimate of drug-likeness (QED) is 0.709. The summed E-state index contributed by atoms with van der Waals surface area (Å²) in [7, 11) is 0. The van der Waals surface area contributed by atoms with Crippen LogP contribution in [0, 0.1) is 13.8 Å². The molecular weight excluding hydrogens is 376 g/mol. The minimum atomic E-state index is 0.410. The largest absolute Gasteiger partial charge is 0.359 e. The minimum Gasteiger partial charge on any atom is -0.359 e. The lowest BCUT2D eigenvalue weighted by atomic mass is 9.73. The average Bonchev–Trinajstić information content (AvgIpc) is 2.99. The van der Waals surface area contributed by atoms with Gasteiger partial charge in [0.25, 0.3) is 0 Å². The lowest BCUT2D eigenvalue weighted by molar-refractivity contribution is 0.104. The highest BCUT2D eigenvalue weighted by Crippen LogP contribution is 2.45. The van der Waals surface area contributed by atoms with E-state index < -0.39 is 0 Å². The van der Waals surface area contributed by atoms with Gasteiger partial charge in [0.2, 0.25) is 0 Å². The first-order valence-corrected chi connectivity index (χ1v) is 11.8. The maximum absolute atomic E-state index is 5.75. The molecule has 4 rings (SSSR count). The van der Waals surface area contributed by atoms with Gasteiger partial charge in [-0.2, -0.15) is 0 Å². The maximum Gasteiger partial charge on any atom is 0.169 e. The van der Waals surface area contributed by atoms with E-state index in [4.69, 9.17) is 12.2 Å². The van der Waals surface area contributed by atoms with Crippen molar-refractivity contribution in [3.63, 3.8) is 0 Å². The number of benzene rings is 1. The predicted molar refractivity (Wildman–Crippen MR) is 127 cm³/mol. The molecule has 0 amide bonds. The molecule has 2 aliphatic rings. The number of nitrogens with zero attached hydrogens (tertiary/aromatic N) is 2. The normalized spacial score (nSPS) is 23.8. The monoisotopic (exact) mass is 412 g/mol. The topological polar surface area (TPSA) is 34.3 Å². The molecular formula is C24H36N4S. The molecule has 158 valence electrons. The summed E-state index contributed by atoms with van der Waals surface area (Å²) in [5, 5.41) is 6.14. The highest BCUT2D eigenvalue weighted by atomic mass is 32.1. The number of piperidine rings is 1. The lowest BCUT2D eigenvalue weighted by Crippen LogP contribution is -2.57. The molecule has 1 aliphatic heterocycles. The summed E-state index contributed by atoms with van der Waals surface area (Å²) >= 11 is 5.75. The summed E-state index contributed by atoms with van der Waals surface area (Å²) in [5.74, 6) is 0.567. The molecule has 0 radical (unpaired) electrons. The van der Waals surface area contributed by atoms with E-state index in [1.54, 1.807) is 11.1 Å². The minimum absolute atomic E-state index is 0.410. The zero-order chi connectivity index (χ0) is 20.7. The van der Waals surface area contributed by atoms with Crippen LogP contribution in [-0.2, 0) is 6.42 Å². The van der Waals surface area contributed by atoms with E-state index in [1.807, 2.05) is 0 Å². The van der Waals surface area contributed by atoms with Gasteiger partial charge < -0.3 is 15.2 Å². The average molecular weight is 413 g/mol. The fourth-order valence-corrected chi connectivity index (χ4v) is 6.14. The first kappa shape index (κ1) is 20.7. The Morgan fingerprint density at radius 2 is 2.00 bits per heavy atom. The third-order valence-electron chi connectivity index (χ3n) is 7.02. The van der Waals surface area contributed by atoms with Crippen molar-refractivity contribution < 1.29 is 0 Å². The van der Waals surface area contributed by atoms with Crippen molar-refractivity contribution in [1.82, 2.24) is 20.1 Å². The van der Waals surface area contributed by atoms with Crippen molar-refractivity contribution in [3.8, 4) is 0 Å². The zero-order valence-electron chi connectivity index (χ0n) is 18.6. The van der Waals surface area contributed by atoms with Crippen LogP contribution in [-0.4, -0.2) is 58.2 Å². The van der Waals surface area contributed by atoms with Crippen LogP contribution in [0.2, 0.25) is 0 Å². The second-order valence-electron chi connectivity index (χ2n) is 8.93. The first-order chi connectivity index (χ1) is 14.0. The number of hydrogen-bond acceptors (Lipinski definition) is 2. The Morgan fingerprint density at radius 3 is 2.69 bits per heavy atom. The molecule has 2 heterocycles. The van der Waals surface area contributed by atoms with Gasteiger partial charge >= 0.3 is 0 Å². The summed E-state index contributed by atoms with van der Waals surface area (Å²) in [5.41, 5.74) is 7.13. The molecule has 0 bridgehead atoms. The van der Waals surface area contributed by atoms with E-state index >= 15 is 0 Å². The number of likely N-dealkylation sites (tertiary alicyclic amines) is 1. The Hall–Kier alpha value is -1.59. The van der Waals surface area contributed by atoms with Crippen molar-refractivity contribution in [2.24, 2.45) is 0 Å². The summed E-state index contributed by atoms with van der Waals surface area (Å²) in [6.07, 6.45) is 3.52. The number of H-pyrrole nitrogens is 1. The Kier molecular flexibility index (Phi) is 5.90. The smallest absolute Gasteiger partial charge is 0.169 e. The summed E-state index contributed by atoms with van der Waals surface area (Å²) in [6, 6.07) is 5.77. The number of fused-ring (bicyclic) bond motifs is 2. The van der Waals surface area contributed by atoms with Gasteiger partial charge in [-0.25, -0.2) is 0 Å².